The fourth-order valence-electron chi connectivity index (χ4n) is 2.09. The average molecular weight is 223 g/mol. The van der Waals surface area contributed by atoms with Gasteiger partial charge in [0.25, 0.3) is 0 Å². The van der Waals surface area contributed by atoms with Crippen LogP contribution >= 0.6 is 0 Å². The van der Waals surface area contributed by atoms with Crippen LogP contribution in [0.5, 0.6) is 5.75 Å². The lowest BCUT2D eigenvalue weighted by Crippen LogP contribution is -2.29. The van der Waals surface area contributed by atoms with E-state index in [1.807, 2.05) is 0 Å². The number of piperidine rings is 1. The lowest BCUT2D eigenvalue weighted by Gasteiger charge is -2.25. The second-order valence-corrected chi connectivity index (χ2v) is 4.33. The van der Waals surface area contributed by atoms with E-state index in [4.69, 9.17) is 4.42 Å². The molecule has 1 aliphatic rings. The smallest absolute Gasteiger partial charge is 0.227 e. The van der Waals surface area contributed by atoms with E-state index in [0.717, 1.165) is 13.1 Å². The Morgan fingerprint density at radius 2 is 2.06 bits per heavy atom. The fourth-order valence-corrected chi connectivity index (χ4v) is 2.09. The van der Waals surface area contributed by atoms with Crippen molar-refractivity contribution < 1.29 is 9.52 Å². The quantitative estimate of drug-likeness (QED) is 0.828. The molecule has 4 nitrogen and oxygen atoms in total. The molecule has 2 rings (SSSR count). The molecule has 0 atom stereocenters. The molecule has 1 aliphatic heterocycles. The van der Waals surface area contributed by atoms with Gasteiger partial charge in [0, 0.05) is 6.07 Å². The molecule has 1 aromatic heterocycles. The average Bonchev–Trinajstić information content (AvgIpc) is 2.27. The largest absolute Gasteiger partial charge is 0.502 e. The number of aryl methyl sites for hydroxylation is 1. The van der Waals surface area contributed by atoms with Crippen molar-refractivity contribution in [3.8, 4) is 5.75 Å². The van der Waals surface area contributed by atoms with Crippen molar-refractivity contribution in [3.05, 3.63) is 27.8 Å². The Kier molecular flexibility index (Phi) is 3.29. The topological polar surface area (TPSA) is 53.7 Å². The summed E-state index contributed by atoms with van der Waals surface area (Å²) < 4.78 is 5.40. The van der Waals surface area contributed by atoms with Crippen molar-refractivity contribution in [2.75, 3.05) is 13.1 Å². The highest BCUT2D eigenvalue weighted by molar-refractivity contribution is 5.24. The maximum Gasteiger partial charge on any atom is 0.227 e. The highest BCUT2D eigenvalue weighted by Crippen LogP contribution is 2.18. The molecule has 0 aliphatic carbocycles. The van der Waals surface area contributed by atoms with Gasteiger partial charge in [0.05, 0.1) is 6.54 Å². The third-order valence-electron chi connectivity index (χ3n) is 2.93. The number of hydrogen-bond donors (Lipinski definition) is 1. The Morgan fingerprint density at radius 3 is 2.75 bits per heavy atom. The van der Waals surface area contributed by atoms with Gasteiger partial charge in [0.2, 0.25) is 11.2 Å². The zero-order valence-electron chi connectivity index (χ0n) is 9.53. The number of hydrogen-bond acceptors (Lipinski definition) is 4. The minimum absolute atomic E-state index is 0.240. The number of rotatable bonds is 2. The summed E-state index contributed by atoms with van der Waals surface area (Å²) in [6.07, 6.45) is 3.62. The SMILES string of the molecule is Cc1cc(=O)c(O)c(CN2CCCCC2)o1. The molecule has 2 heterocycles. The van der Waals surface area contributed by atoms with E-state index in [1.54, 1.807) is 6.92 Å². The van der Waals surface area contributed by atoms with E-state index >= 15 is 0 Å². The maximum atomic E-state index is 11.4. The molecule has 0 amide bonds. The third kappa shape index (κ3) is 2.44. The normalized spacial score (nSPS) is 17.6. The predicted molar refractivity (Wildman–Crippen MR) is 60.5 cm³/mol. The van der Waals surface area contributed by atoms with Gasteiger partial charge in [-0.05, 0) is 32.9 Å². The molecule has 0 spiro atoms. The first-order valence-corrected chi connectivity index (χ1v) is 5.72. The van der Waals surface area contributed by atoms with Gasteiger partial charge in [-0.25, -0.2) is 0 Å². The van der Waals surface area contributed by atoms with Gasteiger partial charge < -0.3 is 9.52 Å². The lowest BCUT2D eigenvalue weighted by molar-refractivity contribution is 0.197. The van der Waals surface area contributed by atoms with Crippen LogP contribution in [0.2, 0.25) is 0 Å². The Balaban J connectivity index is 2.16. The second-order valence-electron chi connectivity index (χ2n) is 4.33. The zero-order chi connectivity index (χ0) is 11.5. The van der Waals surface area contributed by atoms with Crippen molar-refractivity contribution in [3.63, 3.8) is 0 Å². The van der Waals surface area contributed by atoms with Crippen LogP contribution in [-0.2, 0) is 6.54 Å². The Hall–Kier alpha value is -1.29. The molecular formula is C12H17NO3. The summed E-state index contributed by atoms with van der Waals surface area (Å²) in [5.41, 5.74) is -0.351. The molecule has 1 aromatic rings. The molecule has 0 aromatic carbocycles. The van der Waals surface area contributed by atoms with Gasteiger partial charge in [-0.2, -0.15) is 0 Å². The van der Waals surface area contributed by atoms with E-state index < -0.39 is 0 Å². The molecule has 4 heteroatoms. The summed E-state index contributed by atoms with van der Waals surface area (Å²) >= 11 is 0. The minimum atomic E-state index is -0.351. The van der Waals surface area contributed by atoms with E-state index in [9.17, 15) is 9.90 Å². The summed E-state index contributed by atoms with van der Waals surface area (Å²) in [6.45, 7) is 4.28. The monoisotopic (exact) mass is 223 g/mol. The molecule has 1 saturated heterocycles. The summed E-state index contributed by atoms with van der Waals surface area (Å²) in [5, 5.41) is 9.62. The van der Waals surface area contributed by atoms with Gasteiger partial charge >= 0.3 is 0 Å². The molecule has 1 N–H and O–H groups in total. The Labute approximate surface area is 94.5 Å². The third-order valence-corrected chi connectivity index (χ3v) is 2.93. The first kappa shape index (κ1) is 11.2. The van der Waals surface area contributed by atoms with E-state index in [1.165, 1.54) is 25.3 Å². The molecule has 0 unspecified atom stereocenters. The van der Waals surface area contributed by atoms with Gasteiger partial charge in [0.15, 0.2) is 5.76 Å². The van der Waals surface area contributed by atoms with Crippen molar-refractivity contribution >= 4 is 0 Å². The van der Waals surface area contributed by atoms with Crippen molar-refractivity contribution in [1.82, 2.24) is 4.90 Å². The summed E-state index contributed by atoms with van der Waals surface area (Å²) in [7, 11) is 0. The van der Waals surface area contributed by atoms with Gasteiger partial charge in [-0.3, -0.25) is 9.69 Å². The van der Waals surface area contributed by atoms with Crippen molar-refractivity contribution in [1.29, 1.82) is 0 Å². The fraction of sp³-hybridized carbons (Fsp3) is 0.583. The highest BCUT2D eigenvalue weighted by Gasteiger charge is 2.16. The van der Waals surface area contributed by atoms with Crippen LogP contribution in [0, 0.1) is 6.92 Å². The summed E-state index contributed by atoms with van der Waals surface area (Å²) in [5.74, 6) is 0.706. The molecular weight excluding hydrogens is 206 g/mol. The number of likely N-dealkylation sites (tertiary alicyclic amines) is 1. The second kappa shape index (κ2) is 4.70. The molecule has 16 heavy (non-hydrogen) atoms. The van der Waals surface area contributed by atoms with E-state index in [2.05, 4.69) is 4.90 Å². The van der Waals surface area contributed by atoms with Gasteiger partial charge in [-0.15, -0.1) is 0 Å². The predicted octanol–water partition coefficient (Wildman–Crippen LogP) is 1.64. The van der Waals surface area contributed by atoms with Crippen molar-refractivity contribution in [2.45, 2.75) is 32.7 Å². The van der Waals surface area contributed by atoms with E-state index in [-0.39, 0.29) is 11.2 Å². The molecule has 0 bridgehead atoms. The summed E-state index contributed by atoms with van der Waals surface area (Å²) in [4.78, 5) is 13.6. The molecule has 0 saturated carbocycles. The standard InChI is InChI=1S/C12H17NO3/c1-9-7-10(14)12(15)11(16-9)8-13-5-3-2-4-6-13/h7,15H,2-6,8H2,1H3. The maximum absolute atomic E-state index is 11.4. The van der Waals surface area contributed by atoms with Crippen LogP contribution in [0.3, 0.4) is 0 Å². The molecule has 0 radical (unpaired) electrons. The lowest BCUT2D eigenvalue weighted by atomic mass is 10.1. The summed E-state index contributed by atoms with van der Waals surface area (Å²) in [6, 6.07) is 1.31. The molecule has 88 valence electrons. The van der Waals surface area contributed by atoms with Gasteiger partial charge in [0.1, 0.15) is 5.76 Å². The Morgan fingerprint density at radius 1 is 1.38 bits per heavy atom. The van der Waals surface area contributed by atoms with Crippen LogP contribution in [0.4, 0.5) is 0 Å². The van der Waals surface area contributed by atoms with Gasteiger partial charge in [-0.1, -0.05) is 6.42 Å². The van der Waals surface area contributed by atoms with Crippen LogP contribution in [0.1, 0.15) is 30.8 Å². The van der Waals surface area contributed by atoms with Crippen LogP contribution in [0.25, 0.3) is 0 Å². The van der Waals surface area contributed by atoms with Crippen LogP contribution < -0.4 is 5.43 Å². The first-order chi connectivity index (χ1) is 7.66. The van der Waals surface area contributed by atoms with E-state index in [0.29, 0.717) is 18.1 Å². The number of nitrogens with zero attached hydrogens (tertiary/aromatic N) is 1. The highest BCUT2D eigenvalue weighted by atomic mass is 16.4. The molecule has 1 fully saturated rings. The minimum Gasteiger partial charge on any atom is -0.502 e. The van der Waals surface area contributed by atoms with Crippen LogP contribution in [0.15, 0.2) is 15.3 Å². The van der Waals surface area contributed by atoms with Crippen molar-refractivity contribution in [2.24, 2.45) is 0 Å². The Bertz CT molecular complexity index is 419. The number of aromatic hydroxyl groups is 1. The van der Waals surface area contributed by atoms with Crippen LogP contribution in [-0.4, -0.2) is 23.1 Å². The first-order valence-electron chi connectivity index (χ1n) is 5.72. The zero-order valence-corrected chi connectivity index (χ0v) is 9.53.